The van der Waals surface area contributed by atoms with Gasteiger partial charge in [0.25, 0.3) is 11.6 Å². The van der Waals surface area contributed by atoms with E-state index in [1.807, 2.05) is 6.92 Å². The fourth-order valence-corrected chi connectivity index (χ4v) is 4.38. The number of nitrogens with zero attached hydrogens (tertiary/aromatic N) is 1. The van der Waals surface area contributed by atoms with Crippen molar-refractivity contribution < 1.29 is 9.72 Å². The number of amides is 1. The highest BCUT2D eigenvalue weighted by Crippen LogP contribution is 2.49. The molecule has 5 heteroatoms. The SMILES string of the molecule is Cc1cccc(C(=O)N[C@@H](C)[C@@H]2C[C@H]3CC[C@H]2C3)c1[N+](=O)[O-]. The Hall–Kier alpha value is -1.91. The van der Waals surface area contributed by atoms with Crippen molar-refractivity contribution in [2.24, 2.45) is 17.8 Å². The van der Waals surface area contributed by atoms with E-state index in [1.54, 1.807) is 19.1 Å². The van der Waals surface area contributed by atoms with E-state index in [-0.39, 0.29) is 23.2 Å². The summed E-state index contributed by atoms with van der Waals surface area (Å²) in [5.74, 6) is 1.73. The molecule has 2 bridgehead atoms. The molecule has 0 saturated heterocycles. The zero-order valence-corrected chi connectivity index (χ0v) is 13.0. The van der Waals surface area contributed by atoms with Crippen LogP contribution in [0.2, 0.25) is 0 Å². The minimum atomic E-state index is -0.466. The van der Waals surface area contributed by atoms with Gasteiger partial charge >= 0.3 is 0 Å². The molecular weight excluding hydrogens is 280 g/mol. The van der Waals surface area contributed by atoms with E-state index in [0.717, 1.165) is 5.92 Å². The Balaban J connectivity index is 1.75. The van der Waals surface area contributed by atoms with Gasteiger partial charge in [0.1, 0.15) is 5.56 Å². The van der Waals surface area contributed by atoms with E-state index < -0.39 is 4.92 Å². The molecule has 1 aromatic carbocycles. The number of aryl methyl sites for hydroxylation is 1. The molecule has 0 aromatic heterocycles. The zero-order chi connectivity index (χ0) is 15.9. The summed E-state index contributed by atoms with van der Waals surface area (Å²) in [5.41, 5.74) is 0.602. The van der Waals surface area contributed by atoms with Gasteiger partial charge < -0.3 is 5.32 Å². The molecule has 2 aliphatic carbocycles. The smallest absolute Gasteiger partial charge is 0.285 e. The number of nitro groups is 1. The van der Waals surface area contributed by atoms with Crippen LogP contribution in [0.1, 0.15) is 48.5 Å². The second kappa shape index (κ2) is 5.71. The Morgan fingerprint density at radius 2 is 2.14 bits per heavy atom. The Bertz CT molecular complexity index is 614. The molecule has 0 heterocycles. The zero-order valence-electron chi connectivity index (χ0n) is 13.0. The summed E-state index contributed by atoms with van der Waals surface area (Å²) in [6.07, 6.45) is 5.06. The molecule has 118 valence electrons. The van der Waals surface area contributed by atoms with Crippen LogP contribution >= 0.6 is 0 Å². The quantitative estimate of drug-likeness (QED) is 0.684. The van der Waals surface area contributed by atoms with E-state index in [0.29, 0.717) is 17.4 Å². The highest BCUT2D eigenvalue weighted by atomic mass is 16.6. The first kappa shape index (κ1) is 15.0. The van der Waals surface area contributed by atoms with Gasteiger partial charge in [0.15, 0.2) is 0 Å². The number of nitro benzene ring substituents is 1. The normalized spacial score (nSPS) is 27.6. The van der Waals surface area contributed by atoms with Crippen molar-refractivity contribution >= 4 is 11.6 Å². The third kappa shape index (κ3) is 2.60. The lowest BCUT2D eigenvalue weighted by Crippen LogP contribution is -2.40. The standard InChI is InChI=1S/C17H22N2O3/c1-10-4-3-5-14(16(10)19(21)22)17(20)18-11(2)15-9-12-6-7-13(15)8-12/h3-5,11-13,15H,6-9H2,1-2H3,(H,18,20)/t11-,12-,13-,15-/m0/s1. The lowest BCUT2D eigenvalue weighted by Gasteiger charge is -2.28. The average Bonchev–Trinajstić information content (AvgIpc) is 3.09. The van der Waals surface area contributed by atoms with E-state index in [2.05, 4.69) is 5.32 Å². The minimum absolute atomic E-state index is 0.0721. The number of hydrogen-bond donors (Lipinski definition) is 1. The van der Waals surface area contributed by atoms with Crippen molar-refractivity contribution in [1.29, 1.82) is 0 Å². The Labute approximate surface area is 130 Å². The Morgan fingerprint density at radius 1 is 1.36 bits per heavy atom. The van der Waals surface area contributed by atoms with E-state index in [1.165, 1.54) is 31.7 Å². The number of rotatable bonds is 4. The Morgan fingerprint density at radius 3 is 2.73 bits per heavy atom. The van der Waals surface area contributed by atoms with Gasteiger partial charge in [-0.15, -0.1) is 0 Å². The molecule has 5 nitrogen and oxygen atoms in total. The molecule has 0 unspecified atom stereocenters. The van der Waals surface area contributed by atoms with Crippen molar-refractivity contribution in [1.82, 2.24) is 5.32 Å². The summed E-state index contributed by atoms with van der Waals surface area (Å²) in [7, 11) is 0. The van der Waals surface area contributed by atoms with Gasteiger partial charge in [-0.3, -0.25) is 14.9 Å². The maximum absolute atomic E-state index is 12.5. The molecule has 1 aromatic rings. The fourth-order valence-electron chi connectivity index (χ4n) is 4.38. The summed E-state index contributed by atoms with van der Waals surface area (Å²) < 4.78 is 0. The number of benzene rings is 1. The van der Waals surface area contributed by atoms with Crippen molar-refractivity contribution in [3.8, 4) is 0 Å². The summed E-state index contributed by atoms with van der Waals surface area (Å²) in [4.78, 5) is 23.2. The van der Waals surface area contributed by atoms with E-state index >= 15 is 0 Å². The number of fused-ring (bicyclic) bond motifs is 2. The predicted molar refractivity (Wildman–Crippen MR) is 83.7 cm³/mol. The van der Waals surface area contributed by atoms with Crippen LogP contribution in [-0.4, -0.2) is 16.9 Å². The van der Waals surface area contributed by atoms with Crippen molar-refractivity contribution in [2.75, 3.05) is 0 Å². The topological polar surface area (TPSA) is 72.2 Å². The monoisotopic (exact) mass is 302 g/mol. The second-order valence-electron chi connectivity index (χ2n) is 6.83. The fraction of sp³-hybridized carbons (Fsp3) is 0.588. The van der Waals surface area contributed by atoms with Gasteiger partial charge in [-0.25, -0.2) is 0 Å². The Kier molecular flexibility index (Phi) is 3.89. The van der Waals surface area contributed by atoms with Crippen LogP contribution in [-0.2, 0) is 0 Å². The number of carbonyl (C=O) groups is 1. The molecule has 0 spiro atoms. The van der Waals surface area contributed by atoms with Gasteiger partial charge in [-0.05, 0) is 56.9 Å². The largest absolute Gasteiger partial charge is 0.349 e. The van der Waals surface area contributed by atoms with Crippen LogP contribution in [0.5, 0.6) is 0 Å². The lowest BCUT2D eigenvalue weighted by atomic mass is 9.84. The summed E-state index contributed by atoms with van der Waals surface area (Å²) >= 11 is 0. The first-order valence-corrected chi connectivity index (χ1v) is 8.02. The molecule has 1 amide bonds. The average molecular weight is 302 g/mol. The van der Waals surface area contributed by atoms with Crippen LogP contribution in [0, 0.1) is 34.8 Å². The maximum atomic E-state index is 12.5. The number of para-hydroxylation sites is 1. The number of hydrogen-bond acceptors (Lipinski definition) is 3. The van der Waals surface area contributed by atoms with Gasteiger partial charge in [-0.1, -0.05) is 18.6 Å². The maximum Gasteiger partial charge on any atom is 0.285 e. The molecule has 0 radical (unpaired) electrons. The predicted octanol–water partition coefficient (Wildman–Crippen LogP) is 3.46. The summed E-state index contributed by atoms with van der Waals surface area (Å²) in [6, 6.07) is 4.96. The first-order chi connectivity index (χ1) is 10.5. The third-order valence-corrected chi connectivity index (χ3v) is 5.46. The van der Waals surface area contributed by atoms with Crippen molar-refractivity contribution in [3.63, 3.8) is 0 Å². The third-order valence-electron chi connectivity index (χ3n) is 5.46. The van der Waals surface area contributed by atoms with Gasteiger partial charge in [0, 0.05) is 11.6 Å². The van der Waals surface area contributed by atoms with Gasteiger partial charge in [-0.2, -0.15) is 0 Å². The summed E-state index contributed by atoms with van der Waals surface area (Å²) in [5, 5.41) is 14.2. The van der Waals surface area contributed by atoms with Crippen LogP contribution in [0.3, 0.4) is 0 Å². The van der Waals surface area contributed by atoms with Crippen molar-refractivity contribution in [2.45, 2.75) is 45.6 Å². The molecule has 0 aliphatic heterocycles. The molecule has 2 saturated carbocycles. The van der Waals surface area contributed by atoms with E-state index in [4.69, 9.17) is 0 Å². The molecule has 2 fully saturated rings. The molecular formula is C17H22N2O3. The van der Waals surface area contributed by atoms with E-state index in [9.17, 15) is 14.9 Å². The van der Waals surface area contributed by atoms with Crippen LogP contribution in [0.25, 0.3) is 0 Å². The summed E-state index contributed by atoms with van der Waals surface area (Å²) in [6.45, 7) is 3.69. The molecule has 1 N–H and O–H groups in total. The highest BCUT2D eigenvalue weighted by molar-refractivity contribution is 5.98. The van der Waals surface area contributed by atoms with Crippen LogP contribution < -0.4 is 5.32 Å². The number of nitrogens with one attached hydrogen (secondary N) is 1. The van der Waals surface area contributed by atoms with Gasteiger partial charge in [0.05, 0.1) is 4.92 Å². The van der Waals surface area contributed by atoms with Gasteiger partial charge in [0.2, 0.25) is 0 Å². The molecule has 22 heavy (non-hydrogen) atoms. The second-order valence-corrected chi connectivity index (χ2v) is 6.83. The highest BCUT2D eigenvalue weighted by Gasteiger charge is 2.42. The van der Waals surface area contributed by atoms with Crippen LogP contribution in [0.4, 0.5) is 5.69 Å². The molecule has 4 atom stereocenters. The minimum Gasteiger partial charge on any atom is -0.349 e. The lowest BCUT2D eigenvalue weighted by molar-refractivity contribution is -0.385. The number of carbonyl (C=O) groups excluding carboxylic acids is 1. The first-order valence-electron chi connectivity index (χ1n) is 8.02. The van der Waals surface area contributed by atoms with Crippen molar-refractivity contribution in [3.05, 3.63) is 39.4 Å². The van der Waals surface area contributed by atoms with Crippen LogP contribution in [0.15, 0.2) is 18.2 Å². The molecule has 3 rings (SSSR count). The molecule has 2 aliphatic rings.